The van der Waals surface area contributed by atoms with Crippen LogP contribution >= 0.6 is 0 Å². The molecule has 1 saturated heterocycles. The quantitative estimate of drug-likeness (QED) is 0.906. The van der Waals surface area contributed by atoms with E-state index in [-0.39, 0.29) is 5.56 Å². The highest BCUT2D eigenvalue weighted by Gasteiger charge is 2.22. The van der Waals surface area contributed by atoms with Crippen LogP contribution in [-0.4, -0.2) is 30.9 Å². The first-order valence-electron chi connectivity index (χ1n) is 8.03. The number of ether oxygens (including phenoxy) is 1. The van der Waals surface area contributed by atoms with Gasteiger partial charge >= 0.3 is 0 Å². The van der Waals surface area contributed by atoms with Gasteiger partial charge in [0.05, 0.1) is 18.9 Å². The van der Waals surface area contributed by atoms with Crippen LogP contribution in [0, 0.1) is 6.92 Å². The average Bonchev–Trinajstić information content (AvgIpc) is 2.53. The number of anilines is 2. The number of nitrogens with two attached hydrogens (primary N) is 1. The summed E-state index contributed by atoms with van der Waals surface area (Å²) in [6.07, 6.45) is 5.89. The highest BCUT2D eigenvalue weighted by molar-refractivity contribution is 5.67. The molecule has 2 N–H and O–H groups in total. The molecule has 0 unspecified atom stereocenters. The molecule has 0 spiro atoms. The zero-order valence-corrected chi connectivity index (χ0v) is 12.8. The first kappa shape index (κ1) is 14.4. The van der Waals surface area contributed by atoms with Gasteiger partial charge in [0.15, 0.2) is 0 Å². The second kappa shape index (κ2) is 6.10. The minimum Gasteiger partial charge on any atom is -0.393 e. The predicted molar refractivity (Wildman–Crippen MR) is 85.0 cm³/mol. The highest BCUT2D eigenvalue weighted by Crippen LogP contribution is 2.30. The summed E-state index contributed by atoms with van der Waals surface area (Å²) < 4.78 is 7.30. The second-order valence-corrected chi connectivity index (χ2v) is 6.15. The molecule has 0 radical (unpaired) electrons. The highest BCUT2D eigenvalue weighted by atomic mass is 16.5. The Morgan fingerprint density at radius 3 is 2.52 bits per heavy atom. The van der Waals surface area contributed by atoms with Crippen molar-refractivity contribution in [3.8, 4) is 0 Å². The molecule has 5 nitrogen and oxygen atoms in total. The van der Waals surface area contributed by atoms with Crippen molar-refractivity contribution in [3.63, 3.8) is 0 Å². The number of hydrogen-bond donors (Lipinski definition) is 1. The van der Waals surface area contributed by atoms with Crippen LogP contribution in [0.1, 0.15) is 43.8 Å². The van der Waals surface area contributed by atoms with Crippen LogP contribution in [0.4, 0.5) is 11.4 Å². The van der Waals surface area contributed by atoms with Crippen molar-refractivity contribution in [1.29, 1.82) is 0 Å². The maximum atomic E-state index is 12.7. The SMILES string of the molecule is Cc1cc(N2CCOCC2)c(N)c(=O)n1C1CCCCC1. The van der Waals surface area contributed by atoms with Crippen LogP contribution in [0.15, 0.2) is 10.9 Å². The van der Waals surface area contributed by atoms with Crippen molar-refractivity contribution in [2.75, 3.05) is 36.9 Å². The minimum atomic E-state index is -0.0107. The lowest BCUT2D eigenvalue weighted by Gasteiger charge is -2.32. The van der Waals surface area contributed by atoms with Gasteiger partial charge in [0.1, 0.15) is 5.69 Å². The molecule has 3 rings (SSSR count). The largest absolute Gasteiger partial charge is 0.393 e. The number of hydrogen-bond acceptors (Lipinski definition) is 4. The summed E-state index contributed by atoms with van der Waals surface area (Å²) >= 11 is 0. The molecular weight excluding hydrogens is 266 g/mol. The van der Waals surface area contributed by atoms with Gasteiger partial charge in [0.25, 0.3) is 5.56 Å². The van der Waals surface area contributed by atoms with E-state index in [1.54, 1.807) is 0 Å². The molecule has 1 aromatic heterocycles. The van der Waals surface area contributed by atoms with E-state index in [4.69, 9.17) is 10.5 Å². The first-order chi connectivity index (χ1) is 10.2. The van der Waals surface area contributed by atoms with Crippen LogP contribution in [0.25, 0.3) is 0 Å². The Kier molecular flexibility index (Phi) is 4.19. The van der Waals surface area contributed by atoms with E-state index in [0.29, 0.717) is 24.9 Å². The smallest absolute Gasteiger partial charge is 0.276 e. The summed E-state index contributed by atoms with van der Waals surface area (Å²) in [5, 5.41) is 0. The number of nitrogens with zero attached hydrogens (tertiary/aromatic N) is 2. The van der Waals surface area contributed by atoms with E-state index >= 15 is 0 Å². The van der Waals surface area contributed by atoms with Crippen LogP contribution in [0.3, 0.4) is 0 Å². The van der Waals surface area contributed by atoms with Gasteiger partial charge in [-0.05, 0) is 25.8 Å². The fourth-order valence-corrected chi connectivity index (χ4v) is 3.60. The summed E-state index contributed by atoms with van der Waals surface area (Å²) in [6.45, 7) is 5.03. The number of pyridine rings is 1. The average molecular weight is 291 g/mol. The number of nitrogen functional groups attached to an aromatic ring is 1. The number of morpholine rings is 1. The molecule has 0 amide bonds. The third-order valence-electron chi connectivity index (χ3n) is 4.74. The van der Waals surface area contributed by atoms with Crippen LogP contribution in [-0.2, 0) is 4.74 Å². The zero-order valence-electron chi connectivity index (χ0n) is 12.8. The summed E-state index contributed by atoms with van der Waals surface area (Å²) in [5.74, 6) is 0. The van der Waals surface area contributed by atoms with Gasteiger partial charge in [-0.2, -0.15) is 0 Å². The Hall–Kier alpha value is -1.49. The monoisotopic (exact) mass is 291 g/mol. The van der Waals surface area contributed by atoms with Gasteiger partial charge in [0, 0.05) is 24.8 Å². The molecule has 116 valence electrons. The summed E-state index contributed by atoms with van der Waals surface area (Å²) in [5.41, 5.74) is 8.47. The van der Waals surface area contributed by atoms with Gasteiger partial charge in [-0.15, -0.1) is 0 Å². The topological polar surface area (TPSA) is 60.5 Å². The van der Waals surface area contributed by atoms with E-state index < -0.39 is 0 Å². The summed E-state index contributed by atoms with van der Waals surface area (Å²) in [6, 6.07) is 2.41. The Labute approximate surface area is 125 Å². The Bertz CT molecular complexity index is 555. The molecule has 0 atom stereocenters. The minimum absolute atomic E-state index is 0.0107. The summed E-state index contributed by atoms with van der Waals surface area (Å²) in [7, 11) is 0. The summed E-state index contributed by atoms with van der Waals surface area (Å²) in [4.78, 5) is 14.9. The zero-order chi connectivity index (χ0) is 14.8. The van der Waals surface area contributed by atoms with Gasteiger partial charge in [-0.25, -0.2) is 0 Å². The standard InChI is InChI=1S/C16H25N3O2/c1-12-11-14(18-7-9-21-10-8-18)15(17)16(20)19(12)13-5-3-2-4-6-13/h11,13H,2-10,17H2,1H3. The Morgan fingerprint density at radius 2 is 1.86 bits per heavy atom. The lowest BCUT2D eigenvalue weighted by Crippen LogP contribution is -2.39. The second-order valence-electron chi connectivity index (χ2n) is 6.15. The fourth-order valence-electron chi connectivity index (χ4n) is 3.60. The van der Waals surface area contributed by atoms with Crippen molar-refractivity contribution in [3.05, 3.63) is 22.1 Å². The predicted octanol–water partition coefficient (Wildman–Crippen LogP) is 2.08. The molecule has 1 aliphatic heterocycles. The third kappa shape index (κ3) is 2.79. The lowest BCUT2D eigenvalue weighted by atomic mass is 9.94. The number of aryl methyl sites for hydroxylation is 1. The number of aromatic nitrogens is 1. The number of rotatable bonds is 2. The maximum absolute atomic E-state index is 12.7. The third-order valence-corrected chi connectivity index (χ3v) is 4.74. The van der Waals surface area contributed by atoms with Gasteiger partial charge < -0.3 is 19.9 Å². The molecular formula is C16H25N3O2. The lowest BCUT2D eigenvalue weighted by molar-refractivity contribution is 0.122. The first-order valence-corrected chi connectivity index (χ1v) is 8.03. The molecule has 21 heavy (non-hydrogen) atoms. The van der Waals surface area contributed by atoms with Crippen molar-refractivity contribution in [1.82, 2.24) is 4.57 Å². The van der Waals surface area contributed by atoms with E-state index in [1.165, 1.54) is 19.3 Å². The van der Waals surface area contributed by atoms with Crippen LogP contribution in [0.5, 0.6) is 0 Å². The van der Waals surface area contributed by atoms with E-state index in [9.17, 15) is 4.79 Å². The normalized spacial score (nSPS) is 20.7. The molecule has 0 bridgehead atoms. The molecule has 1 aromatic rings. The van der Waals surface area contributed by atoms with Crippen LogP contribution in [0.2, 0.25) is 0 Å². The molecule has 2 aliphatic rings. The van der Waals surface area contributed by atoms with Gasteiger partial charge in [-0.1, -0.05) is 19.3 Å². The van der Waals surface area contributed by atoms with Crippen molar-refractivity contribution >= 4 is 11.4 Å². The molecule has 2 heterocycles. The molecule has 1 aliphatic carbocycles. The van der Waals surface area contributed by atoms with Crippen molar-refractivity contribution in [2.45, 2.75) is 45.1 Å². The van der Waals surface area contributed by atoms with Gasteiger partial charge in [-0.3, -0.25) is 4.79 Å². The van der Waals surface area contributed by atoms with E-state index in [1.807, 2.05) is 11.5 Å². The fraction of sp³-hybridized carbons (Fsp3) is 0.688. The Balaban J connectivity index is 1.96. The van der Waals surface area contributed by atoms with E-state index in [0.717, 1.165) is 37.3 Å². The van der Waals surface area contributed by atoms with Crippen molar-refractivity contribution in [2.24, 2.45) is 0 Å². The van der Waals surface area contributed by atoms with Crippen LogP contribution < -0.4 is 16.2 Å². The molecule has 0 aromatic carbocycles. The maximum Gasteiger partial charge on any atom is 0.276 e. The molecule has 5 heteroatoms. The van der Waals surface area contributed by atoms with E-state index in [2.05, 4.69) is 11.0 Å². The molecule has 2 fully saturated rings. The molecule has 1 saturated carbocycles. The van der Waals surface area contributed by atoms with Gasteiger partial charge in [0.2, 0.25) is 0 Å². The Morgan fingerprint density at radius 1 is 1.19 bits per heavy atom. The van der Waals surface area contributed by atoms with Crippen molar-refractivity contribution < 1.29 is 4.74 Å².